The maximum Gasteiger partial charge on any atom is 0.252 e. The Labute approximate surface area is 374 Å². The average molecular weight is 817 g/mol. The summed E-state index contributed by atoms with van der Waals surface area (Å²) in [7, 11) is 0. The van der Waals surface area contributed by atoms with Crippen molar-refractivity contribution >= 4 is 57.2 Å². The molecule has 2 aliphatic heterocycles. The van der Waals surface area contributed by atoms with Crippen LogP contribution in [0.1, 0.15) is 147 Å². The van der Waals surface area contributed by atoms with E-state index in [4.69, 9.17) is 0 Å². The highest BCUT2D eigenvalue weighted by Gasteiger charge is 2.52. The predicted molar refractivity (Wildman–Crippen MR) is 264 cm³/mol. The van der Waals surface area contributed by atoms with Gasteiger partial charge in [0.2, 0.25) is 0 Å². The van der Waals surface area contributed by atoms with E-state index in [1.165, 1.54) is 157 Å². The third-order valence-electron chi connectivity index (χ3n) is 17.8. The number of aryl methyl sites for hydroxylation is 1. The number of anilines is 6. The fourth-order valence-electron chi connectivity index (χ4n) is 15.2. The lowest BCUT2D eigenvalue weighted by atomic mass is 9.33. The van der Waals surface area contributed by atoms with Crippen LogP contribution in [-0.4, -0.2) is 6.71 Å². The maximum atomic E-state index is 2.67. The normalized spacial score (nSPS) is 28.1. The van der Waals surface area contributed by atoms with Crippen LogP contribution in [0.3, 0.4) is 0 Å². The number of hydrogen-bond donors (Lipinski definition) is 0. The van der Waals surface area contributed by atoms with Crippen LogP contribution in [-0.2, 0) is 22.7 Å². The summed E-state index contributed by atoms with van der Waals surface area (Å²) < 4.78 is 0. The van der Waals surface area contributed by atoms with Crippen LogP contribution < -0.4 is 26.2 Å². The third-order valence-corrected chi connectivity index (χ3v) is 17.8. The van der Waals surface area contributed by atoms with Gasteiger partial charge < -0.3 is 9.80 Å². The Hall–Kier alpha value is -4.24. The second-order valence-electron chi connectivity index (χ2n) is 24.0. The first-order chi connectivity index (χ1) is 29.9. The zero-order valence-electron chi connectivity index (χ0n) is 38.7. The summed E-state index contributed by atoms with van der Waals surface area (Å²) in [6.07, 6.45) is 20.1. The molecule has 6 bridgehead atoms. The molecule has 2 unspecified atom stereocenters. The molecule has 5 aromatic rings. The van der Waals surface area contributed by atoms with Crippen LogP contribution in [0.4, 0.5) is 34.1 Å². The van der Waals surface area contributed by atoms with Crippen LogP contribution in [0.25, 0.3) is 0 Å². The van der Waals surface area contributed by atoms with Crippen molar-refractivity contribution in [3.63, 3.8) is 0 Å². The van der Waals surface area contributed by atoms with Crippen molar-refractivity contribution in [2.45, 2.75) is 148 Å². The van der Waals surface area contributed by atoms with Crippen LogP contribution in [0, 0.1) is 35.5 Å². The van der Waals surface area contributed by atoms with Crippen molar-refractivity contribution in [2.24, 2.45) is 35.5 Å². The van der Waals surface area contributed by atoms with E-state index in [0.29, 0.717) is 5.41 Å². The molecule has 0 saturated heterocycles. The van der Waals surface area contributed by atoms with Gasteiger partial charge >= 0.3 is 0 Å². The van der Waals surface area contributed by atoms with E-state index in [1.807, 2.05) is 0 Å². The second kappa shape index (κ2) is 14.4. The monoisotopic (exact) mass is 817 g/mol. The Morgan fingerprint density at radius 1 is 0.532 bits per heavy atom. The second-order valence-corrected chi connectivity index (χ2v) is 24.0. The van der Waals surface area contributed by atoms with Crippen LogP contribution >= 0.6 is 0 Å². The summed E-state index contributed by atoms with van der Waals surface area (Å²) in [5.74, 6) is 5.69. The summed E-state index contributed by atoms with van der Waals surface area (Å²) in [5.41, 5.74) is 18.6. The molecular weight excluding hydrogens is 747 g/mol. The number of rotatable bonds is 6. The van der Waals surface area contributed by atoms with E-state index in [-0.39, 0.29) is 17.5 Å². The summed E-state index contributed by atoms with van der Waals surface area (Å²) >= 11 is 0. The number of hydrogen-bond acceptors (Lipinski definition) is 2. The third kappa shape index (κ3) is 6.55. The number of fused-ring (bicyclic) bond motifs is 6. The lowest BCUT2D eigenvalue weighted by Gasteiger charge is -2.57. The van der Waals surface area contributed by atoms with E-state index < -0.39 is 0 Å². The maximum absolute atomic E-state index is 2.67. The summed E-state index contributed by atoms with van der Waals surface area (Å²) in [5, 5.41) is 0. The molecule has 0 spiro atoms. The van der Waals surface area contributed by atoms with Gasteiger partial charge in [0.05, 0.1) is 0 Å². The van der Waals surface area contributed by atoms with E-state index in [9.17, 15) is 0 Å². The molecule has 2 nitrogen and oxygen atoms in total. The fourth-order valence-corrected chi connectivity index (χ4v) is 15.2. The molecule has 0 amide bonds. The van der Waals surface area contributed by atoms with E-state index in [0.717, 1.165) is 35.5 Å². The van der Waals surface area contributed by atoms with Crippen molar-refractivity contribution in [3.8, 4) is 0 Å². The Morgan fingerprint density at radius 3 is 1.63 bits per heavy atom. The fraction of sp³-hybridized carbons (Fsp3) is 0.492. The standard InChI is InChI=1S/C59H69BN2/c1-57(2,3)45-16-21-48(22-17-45)62-53-26-20-47(58(4,5)6)34-51(53)60-50-33-38(13-14-41-28-39-9-7-10-40(27-39)29-41)15-25-52(50)61(54-11-8-12-55(62)56(54)60)49-23-18-46(19-24-49)59-35-42-30-43(36-59)32-44(31-42)37-59/h8,11-12,15-26,33-34,39-44H,7,9-10,13-14,27-32,35-37H2,1-6H3. The highest BCUT2D eigenvalue weighted by Crippen LogP contribution is 2.61. The van der Waals surface area contributed by atoms with Crippen molar-refractivity contribution in [1.29, 1.82) is 0 Å². The van der Waals surface area contributed by atoms with E-state index >= 15 is 0 Å². The van der Waals surface area contributed by atoms with Crippen LogP contribution in [0.5, 0.6) is 0 Å². The largest absolute Gasteiger partial charge is 0.311 e. The van der Waals surface area contributed by atoms with Gasteiger partial charge in [-0.05, 0) is 210 Å². The molecular formula is C59H69BN2. The first-order valence-electron chi connectivity index (χ1n) is 25.1. The van der Waals surface area contributed by atoms with Gasteiger partial charge in [0.1, 0.15) is 0 Å². The zero-order chi connectivity index (χ0) is 42.1. The van der Waals surface area contributed by atoms with Gasteiger partial charge in [-0.2, -0.15) is 0 Å². The Bertz CT molecular complexity index is 2470. The van der Waals surface area contributed by atoms with Crippen molar-refractivity contribution in [1.82, 2.24) is 0 Å². The topological polar surface area (TPSA) is 6.48 Å². The first kappa shape index (κ1) is 39.4. The first-order valence-corrected chi connectivity index (χ1v) is 25.1. The zero-order valence-corrected chi connectivity index (χ0v) is 38.7. The molecule has 5 aromatic carbocycles. The van der Waals surface area contributed by atoms with Crippen LogP contribution in [0.15, 0.2) is 103 Å². The molecule has 318 valence electrons. The minimum absolute atomic E-state index is 0.0378. The molecule has 0 N–H and O–H groups in total. The van der Waals surface area contributed by atoms with Gasteiger partial charge in [0, 0.05) is 34.1 Å². The molecule has 0 radical (unpaired) electrons. The Kier molecular flexibility index (Phi) is 9.13. The molecule has 2 heterocycles. The molecule has 8 aliphatic rings. The molecule has 13 rings (SSSR count). The van der Waals surface area contributed by atoms with Crippen molar-refractivity contribution in [2.75, 3.05) is 9.80 Å². The van der Waals surface area contributed by atoms with E-state index in [2.05, 4.69) is 154 Å². The van der Waals surface area contributed by atoms with Gasteiger partial charge in [-0.1, -0.05) is 115 Å². The molecule has 6 fully saturated rings. The van der Waals surface area contributed by atoms with Crippen molar-refractivity contribution < 1.29 is 0 Å². The highest BCUT2D eigenvalue weighted by atomic mass is 15.2. The van der Waals surface area contributed by atoms with Gasteiger partial charge in [-0.25, -0.2) is 0 Å². The molecule has 2 atom stereocenters. The van der Waals surface area contributed by atoms with Gasteiger partial charge in [0.25, 0.3) is 6.71 Å². The molecule has 3 heteroatoms. The Balaban J connectivity index is 1.00. The smallest absolute Gasteiger partial charge is 0.252 e. The molecule has 6 aliphatic carbocycles. The quantitative estimate of drug-likeness (QED) is 0.154. The summed E-state index contributed by atoms with van der Waals surface area (Å²) in [6.45, 7) is 14.2. The summed E-state index contributed by atoms with van der Waals surface area (Å²) in [6, 6.07) is 41.9. The SMILES string of the molecule is CC(C)(C)c1ccc(N2c3ccc(C(C)(C)C)cc3B3c4cc(CCC5CC6CCCC(C6)C5)ccc4N(c4ccc(C56CC7CC(CC(C7)C5)C6)cc4)c4cccc2c43)cc1. The predicted octanol–water partition coefficient (Wildman–Crippen LogP) is 14.0. The summed E-state index contributed by atoms with van der Waals surface area (Å²) in [4.78, 5) is 5.24. The average Bonchev–Trinajstić information content (AvgIpc) is 3.24. The van der Waals surface area contributed by atoms with Gasteiger partial charge in [0.15, 0.2) is 0 Å². The van der Waals surface area contributed by atoms with Crippen LogP contribution in [0.2, 0.25) is 0 Å². The lowest BCUT2D eigenvalue weighted by Crippen LogP contribution is -2.61. The Morgan fingerprint density at radius 2 is 1.05 bits per heavy atom. The molecule has 62 heavy (non-hydrogen) atoms. The van der Waals surface area contributed by atoms with E-state index in [1.54, 1.807) is 5.56 Å². The minimum atomic E-state index is 0.0378. The molecule has 0 aromatic heterocycles. The van der Waals surface area contributed by atoms with Crippen molar-refractivity contribution in [3.05, 3.63) is 125 Å². The lowest BCUT2D eigenvalue weighted by molar-refractivity contribution is -0.00518. The number of nitrogens with zero attached hydrogens (tertiary/aromatic N) is 2. The molecule has 6 saturated carbocycles. The number of benzene rings is 5. The highest BCUT2D eigenvalue weighted by molar-refractivity contribution is 7.00. The van der Waals surface area contributed by atoms with Gasteiger partial charge in [-0.3, -0.25) is 0 Å². The van der Waals surface area contributed by atoms with Gasteiger partial charge in [-0.15, -0.1) is 0 Å². The minimum Gasteiger partial charge on any atom is -0.311 e.